The highest BCUT2D eigenvalue weighted by Gasteiger charge is 2.06. The van der Waals surface area contributed by atoms with Gasteiger partial charge in [-0.05, 0) is 31.4 Å². The molecule has 0 aromatic carbocycles. The van der Waals surface area contributed by atoms with Crippen LogP contribution in [0.5, 0.6) is 0 Å². The molecule has 0 rings (SSSR count). The Kier molecular flexibility index (Phi) is 15.8. The van der Waals surface area contributed by atoms with Crippen molar-refractivity contribution in [3.63, 3.8) is 0 Å². The first-order valence-corrected chi connectivity index (χ1v) is 9.22. The zero-order valence-electron chi connectivity index (χ0n) is 15.3. The second kappa shape index (κ2) is 16.7. The minimum Gasteiger partial charge on any atom is -0.469 e. The summed E-state index contributed by atoms with van der Waals surface area (Å²) in [6, 6.07) is 0. The van der Waals surface area contributed by atoms with E-state index in [-0.39, 0.29) is 11.8 Å². The highest BCUT2D eigenvalue weighted by atomic mass is 17.1. The lowest BCUT2D eigenvalue weighted by molar-refractivity contribution is -0.267. The third kappa shape index (κ3) is 14.4. The molecule has 5 nitrogen and oxygen atoms in total. The van der Waals surface area contributed by atoms with Crippen LogP contribution in [0.1, 0.15) is 84.0 Å². The van der Waals surface area contributed by atoms with Crippen LogP contribution in [0, 0.1) is 0 Å². The second-order valence-corrected chi connectivity index (χ2v) is 6.16. The summed E-state index contributed by atoms with van der Waals surface area (Å²) in [4.78, 5) is 27.1. The fourth-order valence-electron chi connectivity index (χ4n) is 2.46. The zero-order valence-corrected chi connectivity index (χ0v) is 15.3. The average Bonchev–Trinajstić information content (AvgIpc) is 2.60. The van der Waals surface area contributed by atoms with Gasteiger partial charge in [0.2, 0.25) is 0 Å². The first-order valence-electron chi connectivity index (χ1n) is 9.22. The summed E-state index contributed by atoms with van der Waals surface area (Å²) in [5.41, 5.74) is 0. The molecule has 0 saturated carbocycles. The molecule has 0 spiro atoms. The Morgan fingerprint density at radius 1 is 0.958 bits per heavy atom. The van der Waals surface area contributed by atoms with Crippen LogP contribution in [0.2, 0.25) is 0 Å². The molecule has 5 heteroatoms. The zero-order chi connectivity index (χ0) is 18.0. The van der Waals surface area contributed by atoms with Crippen molar-refractivity contribution < 1.29 is 24.5 Å². The molecular weight excluding hydrogens is 308 g/mol. The summed E-state index contributed by atoms with van der Waals surface area (Å²) in [5, 5.41) is 8.90. The van der Waals surface area contributed by atoms with E-state index in [1.807, 2.05) is 0 Å². The SMILES string of the molecule is CCCCCCC(=O)C=CC(CCCCCCCC(=O)OC)OO. The number of carbonyl (C=O) groups is 2. The van der Waals surface area contributed by atoms with Crippen molar-refractivity contribution >= 4 is 11.8 Å². The van der Waals surface area contributed by atoms with Crippen LogP contribution >= 0.6 is 0 Å². The van der Waals surface area contributed by atoms with Crippen LogP contribution < -0.4 is 0 Å². The second-order valence-electron chi connectivity index (χ2n) is 6.16. The van der Waals surface area contributed by atoms with E-state index in [4.69, 9.17) is 5.26 Å². The van der Waals surface area contributed by atoms with Gasteiger partial charge in [0, 0.05) is 12.8 Å². The van der Waals surface area contributed by atoms with Gasteiger partial charge in [-0.3, -0.25) is 14.8 Å². The van der Waals surface area contributed by atoms with Crippen molar-refractivity contribution in [1.82, 2.24) is 0 Å². The number of carbonyl (C=O) groups excluding carboxylic acids is 2. The molecule has 0 aromatic heterocycles. The largest absolute Gasteiger partial charge is 0.469 e. The summed E-state index contributed by atoms with van der Waals surface area (Å²) in [6.45, 7) is 2.14. The number of methoxy groups -OCH3 is 1. The Morgan fingerprint density at radius 3 is 2.25 bits per heavy atom. The number of hydrogen-bond acceptors (Lipinski definition) is 5. The highest BCUT2D eigenvalue weighted by molar-refractivity contribution is 5.89. The monoisotopic (exact) mass is 342 g/mol. The molecule has 1 unspecified atom stereocenters. The Hall–Kier alpha value is -1.20. The van der Waals surface area contributed by atoms with Gasteiger partial charge < -0.3 is 4.74 Å². The van der Waals surface area contributed by atoms with Crippen molar-refractivity contribution in [2.45, 2.75) is 90.1 Å². The molecule has 0 bridgehead atoms. The number of allylic oxidation sites excluding steroid dienone is 1. The van der Waals surface area contributed by atoms with Crippen LogP contribution in [0.25, 0.3) is 0 Å². The van der Waals surface area contributed by atoms with Crippen molar-refractivity contribution in [3.8, 4) is 0 Å². The number of hydrogen-bond donors (Lipinski definition) is 1. The molecule has 0 aliphatic carbocycles. The lowest BCUT2D eigenvalue weighted by Crippen LogP contribution is -2.08. The van der Waals surface area contributed by atoms with Crippen LogP contribution in [0.3, 0.4) is 0 Å². The van der Waals surface area contributed by atoms with Crippen LogP contribution in [-0.4, -0.2) is 30.2 Å². The third-order valence-electron chi connectivity index (χ3n) is 4.01. The van der Waals surface area contributed by atoms with Crippen LogP contribution in [0.4, 0.5) is 0 Å². The van der Waals surface area contributed by atoms with Crippen molar-refractivity contribution in [3.05, 3.63) is 12.2 Å². The van der Waals surface area contributed by atoms with Crippen LogP contribution in [-0.2, 0) is 19.2 Å². The summed E-state index contributed by atoms with van der Waals surface area (Å²) >= 11 is 0. The molecule has 0 radical (unpaired) electrons. The van der Waals surface area contributed by atoms with E-state index in [1.54, 1.807) is 6.08 Å². The van der Waals surface area contributed by atoms with Gasteiger partial charge in [0.25, 0.3) is 0 Å². The van der Waals surface area contributed by atoms with E-state index in [2.05, 4.69) is 16.5 Å². The number of esters is 1. The molecule has 0 aliphatic rings. The fraction of sp³-hybridized carbons (Fsp3) is 0.789. The molecule has 1 atom stereocenters. The number of unbranched alkanes of at least 4 members (excludes halogenated alkanes) is 7. The summed E-state index contributed by atoms with van der Waals surface area (Å²) < 4.78 is 4.59. The molecule has 0 aromatic rings. The summed E-state index contributed by atoms with van der Waals surface area (Å²) in [7, 11) is 1.40. The van der Waals surface area contributed by atoms with Gasteiger partial charge in [0.1, 0.15) is 6.10 Å². The molecule has 0 amide bonds. The molecule has 0 saturated heterocycles. The average molecular weight is 342 g/mol. The van der Waals surface area contributed by atoms with Crippen LogP contribution in [0.15, 0.2) is 12.2 Å². The first kappa shape index (κ1) is 22.8. The van der Waals surface area contributed by atoms with Gasteiger partial charge >= 0.3 is 5.97 Å². The van der Waals surface area contributed by atoms with E-state index >= 15 is 0 Å². The topological polar surface area (TPSA) is 72.8 Å². The Bertz CT molecular complexity index is 352. The van der Waals surface area contributed by atoms with Gasteiger partial charge in [0.15, 0.2) is 5.78 Å². The molecule has 24 heavy (non-hydrogen) atoms. The Labute approximate surface area is 146 Å². The maximum atomic E-state index is 11.7. The normalized spacial score (nSPS) is 12.5. The van der Waals surface area contributed by atoms with E-state index in [1.165, 1.54) is 19.6 Å². The quantitative estimate of drug-likeness (QED) is 0.143. The smallest absolute Gasteiger partial charge is 0.305 e. The van der Waals surface area contributed by atoms with Gasteiger partial charge in [-0.2, -0.15) is 0 Å². The highest BCUT2D eigenvalue weighted by Crippen LogP contribution is 2.12. The minimum atomic E-state index is -0.417. The van der Waals surface area contributed by atoms with E-state index < -0.39 is 6.10 Å². The van der Waals surface area contributed by atoms with Crippen molar-refractivity contribution in [2.24, 2.45) is 0 Å². The standard InChI is InChI=1S/C19H34O5/c1-3-4-5-9-12-17(20)15-16-18(24-22)13-10-7-6-8-11-14-19(21)23-2/h15-16,18,22H,3-14H2,1-2H3. The Morgan fingerprint density at radius 2 is 1.58 bits per heavy atom. The van der Waals surface area contributed by atoms with Crippen molar-refractivity contribution in [1.29, 1.82) is 0 Å². The van der Waals surface area contributed by atoms with Gasteiger partial charge in [-0.25, -0.2) is 4.89 Å². The predicted molar refractivity (Wildman–Crippen MR) is 94.7 cm³/mol. The molecule has 0 aliphatic heterocycles. The molecule has 0 fully saturated rings. The minimum absolute atomic E-state index is 0.0935. The molecule has 0 heterocycles. The summed E-state index contributed by atoms with van der Waals surface area (Å²) in [5.74, 6) is -0.0655. The van der Waals surface area contributed by atoms with Gasteiger partial charge in [-0.15, -0.1) is 0 Å². The number of ether oxygens (including phenoxy) is 1. The predicted octanol–water partition coefficient (Wildman–Crippen LogP) is 4.84. The Balaban J connectivity index is 3.69. The fourth-order valence-corrected chi connectivity index (χ4v) is 2.46. The number of ketones is 1. The van der Waals surface area contributed by atoms with E-state index in [9.17, 15) is 9.59 Å². The maximum Gasteiger partial charge on any atom is 0.305 e. The molecule has 140 valence electrons. The lowest BCUT2D eigenvalue weighted by Gasteiger charge is -2.08. The summed E-state index contributed by atoms with van der Waals surface area (Å²) in [6.07, 6.45) is 13.6. The van der Waals surface area contributed by atoms with Gasteiger partial charge in [0.05, 0.1) is 7.11 Å². The van der Waals surface area contributed by atoms with E-state index in [0.717, 1.165) is 51.4 Å². The third-order valence-corrected chi connectivity index (χ3v) is 4.01. The first-order chi connectivity index (χ1) is 11.6. The molecular formula is C19H34O5. The van der Waals surface area contributed by atoms with E-state index in [0.29, 0.717) is 19.3 Å². The maximum absolute atomic E-state index is 11.7. The molecule has 1 N–H and O–H groups in total. The van der Waals surface area contributed by atoms with Gasteiger partial charge in [-0.1, -0.05) is 51.9 Å². The number of rotatable bonds is 16. The lowest BCUT2D eigenvalue weighted by atomic mass is 10.1. The van der Waals surface area contributed by atoms with Crippen molar-refractivity contribution in [2.75, 3.05) is 7.11 Å².